The van der Waals surface area contributed by atoms with Crippen LogP contribution in [0.1, 0.15) is 30.7 Å². The molecule has 0 atom stereocenters. The molecule has 4 rings (SSSR count). The second kappa shape index (κ2) is 8.78. The lowest BCUT2D eigenvalue weighted by Gasteiger charge is -2.34. The van der Waals surface area contributed by atoms with Crippen LogP contribution >= 0.6 is 0 Å². The fourth-order valence-corrected chi connectivity index (χ4v) is 4.14. The van der Waals surface area contributed by atoms with E-state index in [1.807, 2.05) is 6.07 Å². The number of non-ortho nitro benzene ring substituents is 1. The van der Waals surface area contributed by atoms with Gasteiger partial charge in [-0.2, -0.15) is 5.10 Å². The van der Waals surface area contributed by atoms with Crippen LogP contribution in [0.5, 0.6) is 0 Å². The fourth-order valence-electron chi connectivity index (χ4n) is 4.14. The molecule has 2 aromatic rings. The topological polar surface area (TPSA) is 107 Å². The lowest BCUT2D eigenvalue weighted by Crippen LogP contribution is -2.49. The summed E-state index contributed by atoms with van der Waals surface area (Å²) in [6, 6.07) is 6.64. The van der Waals surface area contributed by atoms with Crippen LogP contribution in [0.2, 0.25) is 0 Å². The summed E-state index contributed by atoms with van der Waals surface area (Å²) in [5, 5.41) is 15.3. The van der Waals surface area contributed by atoms with Crippen molar-refractivity contribution in [2.75, 3.05) is 26.2 Å². The van der Waals surface area contributed by atoms with E-state index in [0.29, 0.717) is 39.3 Å². The highest BCUT2D eigenvalue weighted by atomic mass is 16.6. The van der Waals surface area contributed by atoms with Crippen LogP contribution < -0.4 is 5.69 Å². The Hall–Kier alpha value is -3.01. The lowest BCUT2D eigenvalue weighted by atomic mass is 10.1. The van der Waals surface area contributed by atoms with E-state index in [-0.39, 0.29) is 23.8 Å². The molecule has 0 bridgehead atoms. The molecule has 0 radical (unpaired) electrons. The third kappa shape index (κ3) is 4.43. The van der Waals surface area contributed by atoms with Gasteiger partial charge in [0.15, 0.2) is 0 Å². The number of aryl methyl sites for hydroxylation is 1. The molecule has 1 saturated heterocycles. The minimum absolute atomic E-state index is 0.0241. The second-order valence-electron chi connectivity index (χ2n) is 7.90. The number of piperazine rings is 1. The third-order valence-corrected chi connectivity index (χ3v) is 5.82. The van der Waals surface area contributed by atoms with Crippen molar-refractivity contribution >= 4 is 11.6 Å². The van der Waals surface area contributed by atoms with Gasteiger partial charge in [-0.25, -0.2) is 9.48 Å². The number of rotatable bonds is 5. The summed E-state index contributed by atoms with van der Waals surface area (Å²) in [5.41, 5.74) is 0.782. The molecule has 0 saturated carbocycles. The minimum Gasteiger partial charge on any atom is -0.339 e. The number of aromatic nitrogens is 3. The van der Waals surface area contributed by atoms with Crippen LogP contribution in [0.4, 0.5) is 5.69 Å². The Morgan fingerprint density at radius 1 is 1.10 bits per heavy atom. The number of carbonyl (C=O) groups is 1. The Morgan fingerprint density at radius 3 is 2.67 bits per heavy atom. The molecule has 10 nitrogen and oxygen atoms in total. The lowest BCUT2D eigenvalue weighted by molar-refractivity contribution is -0.384. The Balaban J connectivity index is 1.32. The Labute approximate surface area is 173 Å². The van der Waals surface area contributed by atoms with E-state index in [9.17, 15) is 19.7 Å². The van der Waals surface area contributed by atoms with E-state index in [0.717, 1.165) is 37.1 Å². The summed E-state index contributed by atoms with van der Waals surface area (Å²) in [5.74, 6) is 0.687. The molecule has 0 N–H and O–H groups in total. The SMILES string of the molecule is O=C(Cn1nc2n(c1=O)CCCCC2)N1CCN(Cc2cccc([N+](=O)[O-])c2)CC1. The van der Waals surface area contributed by atoms with Crippen molar-refractivity contribution in [1.29, 1.82) is 0 Å². The largest absolute Gasteiger partial charge is 0.346 e. The van der Waals surface area contributed by atoms with Crippen molar-refractivity contribution in [1.82, 2.24) is 24.1 Å². The van der Waals surface area contributed by atoms with Crippen LogP contribution in [-0.2, 0) is 30.8 Å². The van der Waals surface area contributed by atoms with Gasteiger partial charge in [0.25, 0.3) is 5.69 Å². The molecular weight excluding hydrogens is 388 g/mol. The predicted octanol–water partition coefficient (Wildman–Crippen LogP) is 1.02. The molecule has 3 heterocycles. The van der Waals surface area contributed by atoms with Crippen molar-refractivity contribution in [3.63, 3.8) is 0 Å². The Bertz CT molecular complexity index is 989. The van der Waals surface area contributed by atoms with Crippen LogP contribution in [0.3, 0.4) is 0 Å². The first-order valence-corrected chi connectivity index (χ1v) is 10.4. The van der Waals surface area contributed by atoms with Crippen LogP contribution in [0.15, 0.2) is 29.1 Å². The van der Waals surface area contributed by atoms with Gasteiger partial charge >= 0.3 is 5.69 Å². The molecule has 2 aliphatic heterocycles. The quantitative estimate of drug-likeness (QED) is 0.534. The van der Waals surface area contributed by atoms with Gasteiger partial charge in [0, 0.05) is 57.8 Å². The van der Waals surface area contributed by atoms with E-state index in [1.165, 1.54) is 10.7 Å². The predicted molar refractivity (Wildman–Crippen MR) is 109 cm³/mol. The molecule has 0 unspecified atom stereocenters. The van der Waals surface area contributed by atoms with Gasteiger partial charge in [0.2, 0.25) is 5.91 Å². The second-order valence-corrected chi connectivity index (χ2v) is 7.90. The van der Waals surface area contributed by atoms with E-state index < -0.39 is 4.92 Å². The highest BCUT2D eigenvalue weighted by molar-refractivity contribution is 5.76. The normalized spacial score (nSPS) is 17.4. The zero-order chi connectivity index (χ0) is 21.1. The number of hydrogen-bond acceptors (Lipinski definition) is 6. The van der Waals surface area contributed by atoms with Crippen molar-refractivity contribution in [2.45, 2.75) is 45.3 Å². The number of nitrogens with zero attached hydrogens (tertiary/aromatic N) is 6. The van der Waals surface area contributed by atoms with E-state index in [1.54, 1.807) is 21.6 Å². The van der Waals surface area contributed by atoms with Crippen LogP contribution in [-0.4, -0.2) is 61.2 Å². The summed E-state index contributed by atoms with van der Waals surface area (Å²) in [7, 11) is 0. The zero-order valence-electron chi connectivity index (χ0n) is 16.9. The summed E-state index contributed by atoms with van der Waals surface area (Å²) >= 11 is 0. The average molecular weight is 414 g/mol. The summed E-state index contributed by atoms with van der Waals surface area (Å²) in [6.07, 6.45) is 3.88. The highest BCUT2D eigenvalue weighted by Gasteiger charge is 2.24. The van der Waals surface area contributed by atoms with Gasteiger partial charge in [-0.05, 0) is 18.4 Å². The molecule has 1 aromatic heterocycles. The number of nitro groups is 1. The number of fused-ring (bicyclic) bond motifs is 1. The summed E-state index contributed by atoms with van der Waals surface area (Å²) in [4.78, 5) is 39.7. The Kier molecular flexibility index (Phi) is 5.93. The molecule has 0 spiro atoms. The first-order chi connectivity index (χ1) is 14.5. The molecule has 160 valence electrons. The molecule has 30 heavy (non-hydrogen) atoms. The number of hydrogen-bond donors (Lipinski definition) is 0. The number of benzene rings is 1. The molecule has 0 aliphatic carbocycles. The number of nitro benzene ring substituents is 1. The van der Waals surface area contributed by atoms with Crippen molar-refractivity contribution in [2.24, 2.45) is 0 Å². The van der Waals surface area contributed by atoms with Crippen LogP contribution in [0.25, 0.3) is 0 Å². The molecule has 10 heteroatoms. The van der Waals surface area contributed by atoms with E-state index in [4.69, 9.17) is 0 Å². The van der Waals surface area contributed by atoms with Gasteiger partial charge in [0.1, 0.15) is 12.4 Å². The molecule has 1 amide bonds. The van der Waals surface area contributed by atoms with Crippen LogP contribution in [0, 0.1) is 10.1 Å². The smallest absolute Gasteiger partial charge is 0.339 e. The molecule has 2 aliphatic rings. The molecular formula is C20H26N6O4. The maximum absolute atomic E-state index is 12.7. The number of amides is 1. The first-order valence-electron chi connectivity index (χ1n) is 10.4. The first kappa shape index (κ1) is 20.3. The average Bonchev–Trinajstić information content (AvgIpc) is 2.90. The fraction of sp³-hybridized carbons (Fsp3) is 0.550. The van der Waals surface area contributed by atoms with Crippen molar-refractivity contribution < 1.29 is 9.72 Å². The van der Waals surface area contributed by atoms with E-state index in [2.05, 4.69) is 10.00 Å². The summed E-state index contributed by atoms with van der Waals surface area (Å²) in [6.45, 7) is 3.76. The van der Waals surface area contributed by atoms with Gasteiger partial charge < -0.3 is 4.90 Å². The maximum atomic E-state index is 12.7. The van der Waals surface area contributed by atoms with Gasteiger partial charge in [-0.15, -0.1) is 0 Å². The monoisotopic (exact) mass is 414 g/mol. The van der Waals surface area contributed by atoms with E-state index >= 15 is 0 Å². The van der Waals surface area contributed by atoms with Crippen molar-refractivity contribution in [3.8, 4) is 0 Å². The highest BCUT2D eigenvalue weighted by Crippen LogP contribution is 2.16. The van der Waals surface area contributed by atoms with Gasteiger partial charge in [-0.3, -0.25) is 24.4 Å². The standard InChI is InChI=1S/C20H26N6O4/c27-19(15-25-20(28)24-8-3-1-2-7-18(24)21-25)23-11-9-22(10-12-23)14-16-5-4-6-17(13-16)26(29)30/h4-6,13H,1-3,7-12,14-15H2. The molecule has 1 fully saturated rings. The van der Waals surface area contributed by atoms with Gasteiger partial charge in [0.05, 0.1) is 4.92 Å². The zero-order valence-corrected chi connectivity index (χ0v) is 16.9. The maximum Gasteiger partial charge on any atom is 0.346 e. The summed E-state index contributed by atoms with van der Waals surface area (Å²) < 4.78 is 3.01. The van der Waals surface area contributed by atoms with Crippen molar-refractivity contribution in [3.05, 3.63) is 56.3 Å². The number of carbonyl (C=O) groups excluding carboxylic acids is 1. The minimum atomic E-state index is -0.391. The Morgan fingerprint density at radius 2 is 1.90 bits per heavy atom. The third-order valence-electron chi connectivity index (χ3n) is 5.82. The van der Waals surface area contributed by atoms with Gasteiger partial charge in [-0.1, -0.05) is 18.6 Å². The molecule has 1 aromatic carbocycles.